The Bertz CT molecular complexity index is 1170. The zero-order valence-electron chi connectivity index (χ0n) is 16.3. The van der Waals surface area contributed by atoms with Gasteiger partial charge in [-0.25, -0.2) is 4.98 Å². The van der Waals surface area contributed by atoms with Crippen LogP contribution in [0, 0.1) is 0 Å². The number of carbonyl (C=O) groups excluding carboxylic acids is 2. The summed E-state index contributed by atoms with van der Waals surface area (Å²) in [6.45, 7) is 2.29. The van der Waals surface area contributed by atoms with Gasteiger partial charge in [0.1, 0.15) is 5.82 Å². The topological polar surface area (TPSA) is 114 Å². The van der Waals surface area contributed by atoms with E-state index in [2.05, 4.69) is 15.3 Å². The van der Waals surface area contributed by atoms with Crippen molar-refractivity contribution in [3.05, 3.63) is 64.2 Å². The van der Waals surface area contributed by atoms with Crippen molar-refractivity contribution in [2.75, 3.05) is 19.9 Å². The first-order valence-electron chi connectivity index (χ1n) is 9.48. The Balaban J connectivity index is 1.40. The molecule has 1 aliphatic heterocycles. The van der Waals surface area contributed by atoms with E-state index >= 15 is 0 Å². The monoisotopic (exact) mass is 408 g/mol. The number of H-pyrrole nitrogens is 1. The van der Waals surface area contributed by atoms with Gasteiger partial charge < -0.3 is 24.7 Å². The summed E-state index contributed by atoms with van der Waals surface area (Å²) in [7, 11) is 0. The lowest BCUT2D eigenvalue weighted by molar-refractivity contribution is -0.130. The zero-order valence-corrected chi connectivity index (χ0v) is 16.3. The van der Waals surface area contributed by atoms with Gasteiger partial charge in [0, 0.05) is 12.1 Å². The minimum Gasteiger partial charge on any atom is -0.454 e. The summed E-state index contributed by atoms with van der Waals surface area (Å²) in [6, 6.07) is 11.8. The van der Waals surface area contributed by atoms with Gasteiger partial charge in [0.05, 0.1) is 24.0 Å². The van der Waals surface area contributed by atoms with Crippen LogP contribution in [0.4, 0.5) is 0 Å². The molecule has 4 rings (SSSR count). The lowest BCUT2D eigenvalue weighted by atomic mass is 10.2. The van der Waals surface area contributed by atoms with Crippen molar-refractivity contribution in [1.29, 1.82) is 0 Å². The van der Waals surface area contributed by atoms with Gasteiger partial charge in [0.2, 0.25) is 12.7 Å². The molecular formula is C21H20N4O5. The normalized spacial score (nSPS) is 12.0. The molecule has 0 spiro atoms. The number of para-hydroxylation sites is 1. The maximum Gasteiger partial charge on any atom is 0.258 e. The quantitative estimate of drug-likeness (QED) is 0.638. The molecule has 30 heavy (non-hydrogen) atoms. The first-order valence-corrected chi connectivity index (χ1v) is 9.48. The van der Waals surface area contributed by atoms with E-state index < -0.39 is 5.91 Å². The number of benzene rings is 2. The van der Waals surface area contributed by atoms with E-state index in [9.17, 15) is 14.4 Å². The Morgan fingerprint density at radius 3 is 2.80 bits per heavy atom. The van der Waals surface area contributed by atoms with Crippen LogP contribution in [0.1, 0.15) is 23.1 Å². The molecule has 1 aromatic heterocycles. The molecule has 0 saturated heterocycles. The molecule has 0 fully saturated rings. The van der Waals surface area contributed by atoms with E-state index in [1.165, 1.54) is 4.90 Å². The highest BCUT2D eigenvalue weighted by Crippen LogP contribution is 2.32. The minimum absolute atomic E-state index is 0.120. The number of aromatic nitrogens is 2. The van der Waals surface area contributed by atoms with Gasteiger partial charge in [-0.15, -0.1) is 0 Å². The van der Waals surface area contributed by atoms with Crippen LogP contribution in [-0.2, 0) is 11.3 Å². The predicted octanol–water partition coefficient (Wildman–Crippen LogP) is 1.43. The molecule has 2 amide bonds. The third kappa shape index (κ3) is 3.95. The van der Waals surface area contributed by atoms with Crippen molar-refractivity contribution in [2.24, 2.45) is 0 Å². The van der Waals surface area contributed by atoms with E-state index in [4.69, 9.17) is 9.47 Å². The molecule has 0 unspecified atom stereocenters. The number of nitrogens with one attached hydrogen (secondary N) is 2. The summed E-state index contributed by atoms with van der Waals surface area (Å²) in [5.74, 6) is 0.778. The molecule has 0 atom stereocenters. The summed E-state index contributed by atoms with van der Waals surface area (Å²) in [5, 5.41) is 3.10. The molecule has 0 radical (unpaired) electrons. The average molecular weight is 408 g/mol. The van der Waals surface area contributed by atoms with Crippen molar-refractivity contribution in [1.82, 2.24) is 20.2 Å². The van der Waals surface area contributed by atoms with Gasteiger partial charge in [0.15, 0.2) is 11.5 Å². The molecule has 9 heteroatoms. The zero-order chi connectivity index (χ0) is 21.1. The van der Waals surface area contributed by atoms with Gasteiger partial charge in [-0.2, -0.15) is 0 Å². The van der Waals surface area contributed by atoms with Crippen molar-refractivity contribution in [3.63, 3.8) is 0 Å². The van der Waals surface area contributed by atoms with Crippen molar-refractivity contribution >= 4 is 22.7 Å². The van der Waals surface area contributed by atoms with Gasteiger partial charge in [-0.3, -0.25) is 14.4 Å². The molecule has 2 heterocycles. The number of amides is 2. The van der Waals surface area contributed by atoms with Crippen LogP contribution in [0.2, 0.25) is 0 Å². The second-order valence-corrected chi connectivity index (χ2v) is 6.69. The SMILES string of the molecule is CCN(Cc1nc2ccccc2c(=O)[nH]1)C(=O)CNC(=O)c1ccc2c(c1)OCO2. The number of ether oxygens (including phenoxy) is 2. The smallest absolute Gasteiger partial charge is 0.258 e. The maximum atomic E-state index is 12.6. The van der Waals surface area contributed by atoms with Crippen LogP contribution < -0.4 is 20.3 Å². The van der Waals surface area contributed by atoms with Crippen LogP contribution in [0.25, 0.3) is 10.9 Å². The first kappa shape index (κ1) is 19.4. The molecule has 0 bridgehead atoms. The van der Waals surface area contributed by atoms with Gasteiger partial charge >= 0.3 is 0 Å². The molecule has 0 saturated carbocycles. The second-order valence-electron chi connectivity index (χ2n) is 6.69. The van der Waals surface area contributed by atoms with E-state index in [-0.39, 0.29) is 31.3 Å². The Hall–Kier alpha value is -3.88. The third-order valence-corrected chi connectivity index (χ3v) is 4.77. The van der Waals surface area contributed by atoms with Gasteiger partial charge in [0.25, 0.3) is 11.5 Å². The number of rotatable bonds is 6. The molecular weight excluding hydrogens is 388 g/mol. The highest BCUT2D eigenvalue weighted by atomic mass is 16.7. The molecule has 2 aromatic carbocycles. The molecule has 3 aromatic rings. The largest absolute Gasteiger partial charge is 0.454 e. The summed E-state index contributed by atoms with van der Waals surface area (Å²) < 4.78 is 10.5. The number of hydrogen-bond donors (Lipinski definition) is 2. The third-order valence-electron chi connectivity index (χ3n) is 4.77. The number of aromatic amines is 1. The molecule has 154 valence electrons. The number of hydrogen-bond acceptors (Lipinski definition) is 6. The van der Waals surface area contributed by atoms with Crippen LogP contribution in [0.3, 0.4) is 0 Å². The fourth-order valence-electron chi connectivity index (χ4n) is 3.17. The van der Waals surface area contributed by atoms with Crippen LogP contribution in [-0.4, -0.2) is 46.6 Å². The fourth-order valence-corrected chi connectivity index (χ4v) is 3.17. The number of fused-ring (bicyclic) bond motifs is 2. The van der Waals surface area contributed by atoms with Crippen molar-refractivity contribution < 1.29 is 19.1 Å². The Kier molecular flexibility index (Phi) is 5.34. The highest BCUT2D eigenvalue weighted by molar-refractivity contribution is 5.97. The number of nitrogens with zero attached hydrogens (tertiary/aromatic N) is 2. The summed E-state index contributed by atoms with van der Waals surface area (Å²) in [6.07, 6.45) is 0. The van der Waals surface area contributed by atoms with Crippen LogP contribution in [0.15, 0.2) is 47.3 Å². The Morgan fingerprint density at radius 1 is 1.17 bits per heavy atom. The predicted molar refractivity (Wildman–Crippen MR) is 108 cm³/mol. The first-order chi connectivity index (χ1) is 14.5. The summed E-state index contributed by atoms with van der Waals surface area (Å²) in [5.41, 5.74) is 0.682. The second kappa shape index (κ2) is 8.24. The standard InChI is InChI=1S/C21H20N4O5/c1-2-25(11-18-23-15-6-4-3-5-14(15)21(28)24-18)19(26)10-22-20(27)13-7-8-16-17(9-13)30-12-29-16/h3-9H,2,10-12H2,1H3,(H,22,27)(H,23,24,28). The average Bonchev–Trinajstić information content (AvgIpc) is 3.23. The number of likely N-dealkylation sites (N-methyl/N-ethyl adjacent to an activating group) is 1. The number of carbonyl (C=O) groups is 2. The molecule has 9 nitrogen and oxygen atoms in total. The molecule has 1 aliphatic rings. The van der Waals surface area contributed by atoms with E-state index in [0.717, 1.165) is 0 Å². The van der Waals surface area contributed by atoms with Crippen molar-refractivity contribution in [3.8, 4) is 11.5 Å². The van der Waals surface area contributed by atoms with E-state index in [1.54, 1.807) is 42.5 Å². The highest BCUT2D eigenvalue weighted by Gasteiger charge is 2.18. The lowest BCUT2D eigenvalue weighted by Crippen LogP contribution is -2.40. The van der Waals surface area contributed by atoms with Gasteiger partial charge in [-0.1, -0.05) is 12.1 Å². The lowest BCUT2D eigenvalue weighted by Gasteiger charge is -2.20. The van der Waals surface area contributed by atoms with Crippen LogP contribution in [0.5, 0.6) is 11.5 Å². The van der Waals surface area contributed by atoms with Gasteiger partial charge in [-0.05, 0) is 37.3 Å². The van der Waals surface area contributed by atoms with E-state index in [1.807, 2.05) is 6.92 Å². The minimum atomic E-state index is -0.394. The summed E-state index contributed by atoms with van der Waals surface area (Å²) in [4.78, 5) is 45.8. The fraction of sp³-hybridized carbons (Fsp3) is 0.238. The maximum absolute atomic E-state index is 12.6. The Labute approximate surface area is 171 Å². The molecule has 2 N–H and O–H groups in total. The summed E-state index contributed by atoms with van der Waals surface area (Å²) >= 11 is 0. The Morgan fingerprint density at radius 2 is 1.97 bits per heavy atom. The van der Waals surface area contributed by atoms with Crippen molar-refractivity contribution in [2.45, 2.75) is 13.5 Å². The molecule has 0 aliphatic carbocycles. The van der Waals surface area contributed by atoms with E-state index in [0.29, 0.717) is 40.3 Å². The van der Waals surface area contributed by atoms with Crippen LogP contribution >= 0.6 is 0 Å².